The summed E-state index contributed by atoms with van der Waals surface area (Å²) < 4.78 is 2.23. The first kappa shape index (κ1) is 30.3. The van der Waals surface area contributed by atoms with E-state index in [2.05, 4.69) is 92.9 Å². The number of carbonyl (C=O) groups is 1. The van der Waals surface area contributed by atoms with Crippen LogP contribution in [0.25, 0.3) is 33.2 Å². The van der Waals surface area contributed by atoms with Crippen LogP contribution in [0.3, 0.4) is 0 Å². The fourth-order valence-corrected chi connectivity index (χ4v) is 6.96. The molecule has 0 aliphatic heterocycles. The van der Waals surface area contributed by atoms with Gasteiger partial charge in [-0.3, -0.25) is 19.6 Å². The summed E-state index contributed by atoms with van der Waals surface area (Å²) in [6.07, 6.45) is 3.57. The Labute approximate surface area is 288 Å². The molecule has 8 aromatic rings. The van der Waals surface area contributed by atoms with E-state index < -0.39 is 5.54 Å². The molecule has 238 valence electrons. The van der Waals surface area contributed by atoms with Crippen LogP contribution in [0.15, 0.2) is 152 Å². The number of hydrogen-bond donors (Lipinski definition) is 2. The summed E-state index contributed by atoms with van der Waals surface area (Å²) in [7, 11) is 0. The number of aromatic amines is 1. The molecular formula is C41H31ClN6O. The van der Waals surface area contributed by atoms with Gasteiger partial charge in [-0.2, -0.15) is 0 Å². The highest BCUT2D eigenvalue weighted by Crippen LogP contribution is 2.44. The predicted octanol–water partition coefficient (Wildman–Crippen LogP) is 8.96. The molecule has 8 rings (SSSR count). The van der Waals surface area contributed by atoms with Crippen LogP contribution in [0.5, 0.6) is 0 Å². The maximum atomic E-state index is 13.5. The van der Waals surface area contributed by atoms with Crippen LogP contribution in [-0.2, 0) is 5.54 Å². The lowest BCUT2D eigenvalue weighted by Crippen LogP contribution is -2.38. The van der Waals surface area contributed by atoms with Crippen molar-refractivity contribution < 1.29 is 4.79 Å². The molecule has 0 radical (unpaired) electrons. The molecule has 5 aromatic carbocycles. The third kappa shape index (κ3) is 5.34. The Balaban J connectivity index is 1.37. The van der Waals surface area contributed by atoms with Crippen LogP contribution < -0.4 is 5.32 Å². The molecule has 3 aromatic heterocycles. The van der Waals surface area contributed by atoms with Crippen LogP contribution >= 0.6 is 11.6 Å². The largest absolute Gasteiger partial charge is 0.343 e. The van der Waals surface area contributed by atoms with Gasteiger partial charge in [-0.25, -0.2) is 9.97 Å². The summed E-state index contributed by atoms with van der Waals surface area (Å²) >= 11 is 6.21. The summed E-state index contributed by atoms with van der Waals surface area (Å²) in [6, 6.07) is 46.7. The zero-order chi connectivity index (χ0) is 33.4. The van der Waals surface area contributed by atoms with Crippen LogP contribution in [0.2, 0.25) is 5.02 Å². The number of pyridine rings is 1. The summed E-state index contributed by atoms with van der Waals surface area (Å²) in [6.45, 7) is 1.91. The lowest BCUT2D eigenvalue weighted by Gasteiger charge is -2.37. The fourth-order valence-electron chi connectivity index (χ4n) is 6.77. The third-order valence-corrected chi connectivity index (χ3v) is 9.29. The number of nitrogens with one attached hydrogen (secondary N) is 2. The van der Waals surface area contributed by atoms with Crippen molar-refractivity contribution in [1.82, 2.24) is 30.0 Å². The third-order valence-electron chi connectivity index (χ3n) is 9.06. The van der Waals surface area contributed by atoms with Crippen molar-refractivity contribution in [3.63, 3.8) is 0 Å². The summed E-state index contributed by atoms with van der Waals surface area (Å²) in [5, 5.41) is 8.42. The second-order valence-corrected chi connectivity index (χ2v) is 12.5. The summed E-state index contributed by atoms with van der Waals surface area (Å²) in [5.74, 6) is -0.248. The Hall–Kier alpha value is -6.05. The molecule has 0 bridgehead atoms. The predicted molar refractivity (Wildman–Crippen MR) is 195 cm³/mol. The van der Waals surface area contributed by atoms with Gasteiger partial charge < -0.3 is 5.32 Å². The monoisotopic (exact) mass is 658 g/mol. The minimum atomic E-state index is -0.812. The average Bonchev–Trinajstić information content (AvgIpc) is 3.74. The van der Waals surface area contributed by atoms with E-state index in [0.29, 0.717) is 16.1 Å². The van der Waals surface area contributed by atoms with Gasteiger partial charge in [0.1, 0.15) is 5.54 Å². The van der Waals surface area contributed by atoms with Crippen LogP contribution in [0.4, 0.5) is 0 Å². The first-order chi connectivity index (χ1) is 24.0. The molecule has 0 aliphatic rings. The number of carbonyl (C=O) groups excluding carboxylic acids is 1. The number of aromatic nitrogens is 5. The Morgan fingerprint density at radius 1 is 0.735 bits per heavy atom. The smallest absolute Gasteiger partial charge is 0.289 e. The molecular weight excluding hydrogens is 628 g/mol. The standard InChI is InChI=1S/C41H31ClN6O/c1-27(29-12-11-19-33(42)24-29)44-40(49)39-45-35-25-34-37(26-36(35)46-39)48(47-38(34)28-20-22-43-23-21-28)41(30-13-5-2-6-14-30,31-15-7-3-8-16-31)32-17-9-4-10-18-32/h2-27,47H,1H3,(H,44,49)/t27-/m1/s1. The Morgan fingerprint density at radius 3 is 1.88 bits per heavy atom. The lowest BCUT2D eigenvalue weighted by atomic mass is 9.77. The molecule has 49 heavy (non-hydrogen) atoms. The zero-order valence-electron chi connectivity index (χ0n) is 26.6. The number of rotatable bonds is 8. The second kappa shape index (κ2) is 12.5. The molecule has 1 amide bonds. The zero-order valence-corrected chi connectivity index (χ0v) is 27.3. The van der Waals surface area contributed by atoms with Crippen molar-refractivity contribution in [2.45, 2.75) is 18.5 Å². The second-order valence-electron chi connectivity index (χ2n) is 12.0. The van der Waals surface area contributed by atoms with Crippen molar-refractivity contribution in [2.24, 2.45) is 0 Å². The summed E-state index contributed by atoms with van der Waals surface area (Å²) in [4.78, 5) is 27.3. The highest BCUT2D eigenvalue weighted by Gasteiger charge is 2.40. The lowest BCUT2D eigenvalue weighted by molar-refractivity contribution is 0.0930. The topological polar surface area (TPSA) is 88.5 Å². The number of H-pyrrole nitrogens is 1. The van der Waals surface area contributed by atoms with Crippen molar-refractivity contribution in [3.8, 4) is 11.3 Å². The van der Waals surface area contributed by atoms with E-state index in [1.54, 1.807) is 12.4 Å². The van der Waals surface area contributed by atoms with Crippen molar-refractivity contribution >= 4 is 39.4 Å². The number of hydrogen-bond acceptors (Lipinski definition) is 4. The minimum absolute atomic E-state index is 0.109. The molecule has 2 N–H and O–H groups in total. The Kier molecular flexibility index (Phi) is 7.74. The van der Waals surface area contributed by atoms with E-state index in [1.165, 1.54) is 0 Å². The number of fused-ring (bicyclic) bond motifs is 2. The van der Waals surface area contributed by atoms with Gasteiger partial charge in [-0.05, 0) is 65.6 Å². The molecule has 0 fully saturated rings. The number of amides is 1. The molecule has 7 nitrogen and oxygen atoms in total. The maximum Gasteiger partial charge on any atom is 0.289 e. The van der Waals surface area contributed by atoms with Gasteiger partial charge in [-0.1, -0.05) is 115 Å². The van der Waals surface area contributed by atoms with Gasteiger partial charge in [0.05, 0.1) is 28.3 Å². The van der Waals surface area contributed by atoms with Gasteiger partial charge in [0, 0.05) is 28.4 Å². The number of nitrogens with zero attached hydrogens (tertiary/aromatic N) is 4. The average molecular weight is 659 g/mol. The van der Waals surface area contributed by atoms with Gasteiger partial charge in [0.25, 0.3) is 5.91 Å². The molecule has 0 saturated heterocycles. The van der Waals surface area contributed by atoms with E-state index in [1.807, 2.05) is 73.7 Å². The quantitative estimate of drug-likeness (QED) is 0.160. The first-order valence-corrected chi connectivity index (χ1v) is 16.5. The molecule has 0 unspecified atom stereocenters. The van der Waals surface area contributed by atoms with Crippen molar-refractivity contribution in [3.05, 3.63) is 185 Å². The number of imidazole rings is 1. The van der Waals surface area contributed by atoms with Crippen molar-refractivity contribution in [1.29, 1.82) is 0 Å². The van der Waals surface area contributed by atoms with Gasteiger partial charge in [-0.15, -0.1) is 0 Å². The highest BCUT2D eigenvalue weighted by molar-refractivity contribution is 6.30. The van der Waals surface area contributed by atoms with Crippen LogP contribution in [0.1, 0.15) is 45.8 Å². The molecule has 0 saturated carbocycles. The van der Waals surface area contributed by atoms with Gasteiger partial charge in [0.2, 0.25) is 5.82 Å². The highest BCUT2D eigenvalue weighted by atomic mass is 35.5. The molecule has 0 aliphatic carbocycles. The van der Waals surface area contributed by atoms with E-state index in [9.17, 15) is 4.79 Å². The fraction of sp³-hybridized carbons (Fsp3) is 0.0732. The number of benzene rings is 5. The maximum absolute atomic E-state index is 13.5. The van der Waals surface area contributed by atoms with E-state index in [0.717, 1.165) is 44.4 Å². The normalized spacial score (nSPS) is 12.3. The Bertz CT molecular complexity index is 2310. The Morgan fingerprint density at radius 2 is 1.31 bits per heavy atom. The van der Waals surface area contributed by atoms with Crippen molar-refractivity contribution in [2.75, 3.05) is 0 Å². The molecule has 1 atom stereocenters. The molecule has 3 heterocycles. The van der Waals surface area contributed by atoms with E-state index in [4.69, 9.17) is 21.6 Å². The van der Waals surface area contributed by atoms with E-state index >= 15 is 0 Å². The van der Waals surface area contributed by atoms with Gasteiger partial charge >= 0.3 is 0 Å². The minimum Gasteiger partial charge on any atom is -0.343 e. The van der Waals surface area contributed by atoms with E-state index in [-0.39, 0.29) is 17.8 Å². The van der Waals surface area contributed by atoms with Gasteiger partial charge in [0.15, 0.2) is 0 Å². The van der Waals surface area contributed by atoms with Crippen LogP contribution in [0, 0.1) is 0 Å². The van der Waals surface area contributed by atoms with Crippen LogP contribution in [-0.4, -0.2) is 30.6 Å². The molecule has 8 heteroatoms. The number of halogens is 1. The first-order valence-electron chi connectivity index (χ1n) is 16.1. The molecule has 0 spiro atoms. The SMILES string of the molecule is C[C@@H](NC(=O)c1nc2cc3c(-c4ccncc4)[nH]n(C(c4ccccc4)(c4ccccc4)c4ccccc4)c3cc2n1)c1cccc(Cl)c1. The summed E-state index contributed by atoms with van der Waals surface area (Å²) in [5.41, 5.74) is 7.31.